The van der Waals surface area contributed by atoms with E-state index in [1.165, 1.54) is 24.9 Å². The van der Waals surface area contributed by atoms with Crippen LogP contribution < -0.4 is 5.32 Å². The molecule has 0 spiro atoms. The number of nitrogens with one attached hydrogen (secondary N) is 1. The summed E-state index contributed by atoms with van der Waals surface area (Å²) in [5.74, 6) is 0. The van der Waals surface area contributed by atoms with Crippen molar-refractivity contribution in [1.82, 2.24) is 10.2 Å². The maximum absolute atomic E-state index is 3.55. The van der Waals surface area contributed by atoms with Gasteiger partial charge in [-0.05, 0) is 76.0 Å². The molecule has 0 bridgehead atoms. The monoisotopic (exact) mass is 360 g/mol. The molecule has 1 aliphatic rings. The largest absolute Gasteiger partial charge is 0.315 e. The number of likely N-dealkylation sites (N-methyl/N-ethyl adjacent to an activating group) is 1. The highest BCUT2D eigenvalue weighted by molar-refractivity contribution is 9.13. The molecule has 1 aromatic rings. The smallest absolute Gasteiger partial charge is 0.0320 e. The predicted octanol–water partition coefficient (Wildman–Crippen LogP) is 3.40. The van der Waals surface area contributed by atoms with Crippen LogP contribution in [0.3, 0.4) is 0 Å². The zero-order chi connectivity index (χ0) is 12.3. The first-order chi connectivity index (χ1) is 8.16. The molecule has 1 saturated heterocycles. The van der Waals surface area contributed by atoms with Gasteiger partial charge in [-0.1, -0.05) is 6.07 Å². The number of nitrogens with zero attached hydrogens (tertiary/aromatic N) is 1. The molecule has 17 heavy (non-hydrogen) atoms. The molecule has 1 aromatic carbocycles. The van der Waals surface area contributed by atoms with Crippen LogP contribution in [0, 0.1) is 0 Å². The van der Waals surface area contributed by atoms with Crippen molar-refractivity contribution in [2.75, 3.05) is 20.1 Å². The number of rotatable bonds is 3. The number of benzene rings is 1. The Bertz CT molecular complexity index is 376. The summed E-state index contributed by atoms with van der Waals surface area (Å²) >= 11 is 7.06. The van der Waals surface area contributed by atoms with Gasteiger partial charge in [-0.3, -0.25) is 4.90 Å². The van der Waals surface area contributed by atoms with Crippen LogP contribution in [-0.2, 0) is 6.54 Å². The number of piperidine rings is 1. The molecule has 4 heteroatoms. The van der Waals surface area contributed by atoms with Gasteiger partial charge in [-0.15, -0.1) is 0 Å². The maximum atomic E-state index is 3.55. The Balaban J connectivity index is 1.96. The molecule has 0 amide bonds. The van der Waals surface area contributed by atoms with E-state index in [-0.39, 0.29) is 0 Å². The van der Waals surface area contributed by atoms with Crippen molar-refractivity contribution >= 4 is 31.9 Å². The molecular formula is C13H18Br2N2. The minimum Gasteiger partial charge on any atom is -0.315 e. The summed E-state index contributed by atoms with van der Waals surface area (Å²) in [4.78, 5) is 2.45. The number of hydrogen-bond donors (Lipinski definition) is 1. The maximum Gasteiger partial charge on any atom is 0.0320 e. The van der Waals surface area contributed by atoms with E-state index in [9.17, 15) is 0 Å². The minimum absolute atomic E-state index is 0.672. The van der Waals surface area contributed by atoms with Gasteiger partial charge in [-0.2, -0.15) is 0 Å². The lowest BCUT2D eigenvalue weighted by molar-refractivity contribution is 0.196. The standard InChI is InChI=1S/C13H18Br2N2/c1-17(11-3-2-6-16-8-11)9-10-4-5-12(14)13(15)7-10/h4-5,7,11,16H,2-3,6,8-9H2,1H3. The van der Waals surface area contributed by atoms with E-state index in [0.717, 1.165) is 22.0 Å². The molecule has 0 saturated carbocycles. The minimum atomic E-state index is 0.672. The fraction of sp³-hybridized carbons (Fsp3) is 0.538. The van der Waals surface area contributed by atoms with Gasteiger partial charge in [0.05, 0.1) is 0 Å². The van der Waals surface area contributed by atoms with Crippen LogP contribution in [0.2, 0.25) is 0 Å². The van der Waals surface area contributed by atoms with Crippen molar-refractivity contribution in [3.63, 3.8) is 0 Å². The van der Waals surface area contributed by atoms with Crippen molar-refractivity contribution in [1.29, 1.82) is 0 Å². The molecule has 1 heterocycles. The molecule has 1 fully saturated rings. The molecule has 0 aliphatic carbocycles. The van der Waals surface area contributed by atoms with Gasteiger partial charge in [0, 0.05) is 28.1 Å². The van der Waals surface area contributed by atoms with E-state index in [4.69, 9.17) is 0 Å². The Labute approximate surface area is 120 Å². The SMILES string of the molecule is CN(Cc1ccc(Br)c(Br)c1)C1CCCNC1. The summed E-state index contributed by atoms with van der Waals surface area (Å²) in [5, 5.41) is 3.46. The Kier molecular flexibility index (Phi) is 5.03. The van der Waals surface area contributed by atoms with Crippen LogP contribution in [0.1, 0.15) is 18.4 Å². The Morgan fingerprint density at radius 1 is 1.35 bits per heavy atom. The van der Waals surface area contributed by atoms with Crippen molar-refractivity contribution in [2.45, 2.75) is 25.4 Å². The molecule has 1 unspecified atom stereocenters. The van der Waals surface area contributed by atoms with Gasteiger partial charge in [0.2, 0.25) is 0 Å². The fourth-order valence-corrected chi connectivity index (χ4v) is 2.94. The average Bonchev–Trinajstić information content (AvgIpc) is 2.35. The van der Waals surface area contributed by atoms with Crippen molar-refractivity contribution < 1.29 is 0 Å². The Morgan fingerprint density at radius 3 is 2.82 bits per heavy atom. The van der Waals surface area contributed by atoms with E-state index in [0.29, 0.717) is 6.04 Å². The van der Waals surface area contributed by atoms with E-state index in [1.54, 1.807) is 0 Å². The van der Waals surface area contributed by atoms with Crippen LogP contribution in [-0.4, -0.2) is 31.1 Å². The average molecular weight is 362 g/mol. The first-order valence-electron chi connectivity index (χ1n) is 6.01. The van der Waals surface area contributed by atoms with Gasteiger partial charge in [0.25, 0.3) is 0 Å². The molecular weight excluding hydrogens is 344 g/mol. The van der Waals surface area contributed by atoms with Gasteiger partial charge >= 0.3 is 0 Å². The highest BCUT2D eigenvalue weighted by Gasteiger charge is 2.17. The Morgan fingerprint density at radius 2 is 2.18 bits per heavy atom. The quantitative estimate of drug-likeness (QED) is 0.887. The molecule has 1 atom stereocenters. The second-order valence-electron chi connectivity index (χ2n) is 4.66. The van der Waals surface area contributed by atoms with Crippen LogP contribution in [0.4, 0.5) is 0 Å². The second-order valence-corrected chi connectivity index (χ2v) is 6.37. The molecule has 2 rings (SSSR count). The molecule has 1 N–H and O–H groups in total. The second kappa shape index (κ2) is 6.32. The van der Waals surface area contributed by atoms with Crippen LogP contribution in [0.25, 0.3) is 0 Å². The Hall–Kier alpha value is 0.1000. The zero-order valence-electron chi connectivity index (χ0n) is 10.0. The van der Waals surface area contributed by atoms with Crippen LogP contribution >= 0.6 is 31.9 Å². The zero-order valence-corrected chi connectivity index (χ0v) is 13.2. The van der Waals surface area contributed by atoms with E-state index < -0.39 is 0 Å². The molecule has 0 aromatic heterocycles. The van der Waals surface area contributed by atoms with Crippen LogP contribution in [0.15, 0.2) is 27.1 Å². The lowest BCUT2D eigenvalue weighted by atomic mass is 10.1. The van der Waals surface area contributed by atoms with Gasteiger partial charge in [0.15, 0.2) is 0 Å². The van der Waals surface area contributed by atoms with E-state index in [2.05, 4.69) is 67.3 Å². The highest BCUT2D eigenvalue weighted by Crippen LogP contribution is 2.24. The predicted molar refractivity (Wildman–Crippen MR) is 79.2 cm³/mol. The van der Waals surface area contributed by atoms with Gasteiger partial charge in [0.1, 0.15) is 0 Å². The first kappa shape index (κ1) is 13.5. The molecule has 94 valence electrons. The summed E-state index contributed by atoms with van der Waals surface area (Å²) in [6.07, 6.45) is 2.60. The van der Waals surface area contributed by atoms with Crippen LogP contribution in [0.5, 0.6) is 0 Å². The lowest BCUT2D eigenvalue weighted by Gasteiger charge is -2.31. The summed E-state index contributed by atoms with van der Waals surface area (Å²) in [5.41, 5.74) is 1.35. The highest BCUT2D eigenvalue weighted by atomic mass is 79.9. The van der Waals surface area contributed by atoms with E-state index in [1.807, 2.05) is 0 Å². The molecule has 0 radical (unpaired) electrons. The van der Waals surface area contributed by atoms with Crippen molar-refractivity contribution in [2.24, 2.45) is 0 Å². The third-order valence-corrected chi connectivity index (χ3v) is 5.19. The summed E-state index contributed by atoms with van der Waals surface area (Å²) in [6.45, 7) is 3.31. The summed E-state index contributed by atoms with van der Waals surface area (Å²) in [7, 11) is 2.22. The lowest BCUT2D eigenvalue weighted by Crippen LogP contribution is -2.43. The molecule has 1 aliphatic heterocycles. The topological polar surface area (TPSA) is 15.3 Å². The first-order valence-corrected chi connectivity index (χ1v) is 7.60. The van der Waals surface area contributed by atoms with Gasteiger partial charge in [-0.25, -0.2) is 0 Å². The molecule has 2 nitrogen and oxygen atoms in total. The third-order valence-electron chi connectivity index (χ3n) is 3.31. The fourth-order valence-electron chi connectivity index (χ4n) is 2.26. The third kappa shape index (κ3) is 3.78. The summed E-state index contributed by atoms with van der Waals surface area (Å²) < 4.78 is 2.24. The number of hydrogen-bond acceptors (Lipinski definition) is 2. The summed E-state index contributed by atoms with van der Waals surface area (Å²) in [6, 6.07) is 7.15. The van der Waals surface area contributed by atoms with Crippen molar-refractivity contribution in [3.05, 3.63) is 32.7 Å². The van der Waals surface area contributed by atoms with E-state index >= 15 is 0 Å². The number of halogens is 2. The normalized spacial score (nSPS) is 20.8. The van der Waals surface area contributed by atoms with Crippen molar-refractivity contribution in [3.8, 4) is 0 Å². The van der Waals surface area contributed by atoms with Gasteiger partial charge < -0.3 is 5.32 Å².